The van der Waals surface area contributed by atoms with Gasteiger partial charge in [-0.1, -0.05) is 18.2 Å². The van der Waals surface area contributed by atoms with Crippen LogP contribution in [0.4, 0.5) is 0 Å². The van der Waals surface area contributed by atoms with Crippen molar-refractivity contribution < 1.29 is 9.47 Å². The molecule has 2 N–H and O–H groups in total. The van der Waals surface area contributed by atoms with Crippen molar-refractivity contribution in [1.82, 2.24) is 20.5 Å². The minimum absolute atomic E-state index is 0.305. The van der Waals surface area contributed by atoms with Gasteiger partial charge in [0.25, 0.3) is 0 Å². The Morgan fingerprint density at radius 2 is 2.27 bits per heavy atom. The van der Waals surface area contributed by atoms with Gasteiger partial charge in [-0.15, -0.1) is 0 Å². The number of para-hydroxylation sites is 1. The molecular formula is C16H22N4O2. The van der Waals surface area contributed by atoms with Crippen molar-refractivity contribution in [3.63, 3.8) is 0 Å². The van der Waals surface area contributed by atoms with Crippen LogP contribution in [-0.2, 0) is 17.9 Å². The summed E-state index contributed by atoms with van der Waals surface area (Å²) in [5.74, 6) is 2.30. The van der Waals surface area contributed by atoms with Gasteiger partial charge in [0.05, 0.1) is 12.6 Å². The number of hydrogen-bond acceptors (Lipinski definition) is 5. The molecule has 0 aliphatic carbocycles. The van der Waals surface area contributed by atoms with Crippen molar-refractivity contribution in [1.29, 1.82) is 0 Å². The van der Waals surface area contributed by atoms with Crippen molar-refractivity contribution in [2.24, 2.45) is 0 Å². The van der Waals surface area contributed by atoms with E-state index in [1.54, 1.807) is 0 Å². The highest BCUT2D eigenvalue weighted by Crippen LogP contribution is 2.15. The van der Waals surface area contributed by atoms with Gasteiger partial charge in [-0.25, -0.2) is 4.98 Å². The highest BCUT2D eigenvalue weighted by Gasteiger charge is 2.22. The van der Waals surface area contributed by atoms with Crippen molar-refractivity contribution in [2.75, 3.05) is 6.61 Å². The summed E-state index contributed by atoms with van der Waals surface area (Å²) in [7, 11) is 0. The van der Waals surface area contributed by atoms with E-state index in [9.17, 15) is 0 Å². The van der Waals surface area contributed by atoms with Gasteiger partial charge < -0.3 is 14.8 Å². The Kier molecular flexibility index (Phi) is 5.03. The van der Waals surface area contributed by atoms with Crippen molar-refractivity contribution in [2.45, 2.75) is 45.1 Å². The molecule has 118 valence electrons. The summed E-state index contributed by atoms with van der Waals surface area (Å²) in [4.78, 5) is 4.43. The summed E-state index contributed by atoms with van der Waals surface area (Å²) in [5, 5.41) is 10.5. The number of ether oxygens (including phenoxy) is 2. The number of H-pyrrole nitrogens is 1. The zero-order valence-corrected chi connectivity index (χ0v) is 12.8. The Hall–Kier alpha value is -1.92. The normalized spacial score (nSPS) is 19.2. The molecule has 1 fully saturated rings. The predicted molar refractivity (Wildman–Crippen MR) is 82.4 cm³/mol. The van der Waals surface area contributed by atoms with Crippen LogP contribution in [0.25, 0.3) is 0 Å². The zero-order chi connectivity index (χ0) is 15.2. The van der Waals surface area contributed by atoms with Crippen LogP contribution in [-0.4, -0.2) is 33.9 Å². The third-order valence-corrected chi connectivity index (χ3v) is 3.80. The van der Waals surface area contributed by atoms with Gasteiger partial charge in [0, 0.05) is 12.6 Å². The minimum atomic E-state index is 0.305. The molecule has 1 aromatic heterocycles. The fourth-order valence-electron chi connectivity index (χ4n) is 2.53. The van der Waals surface area contributed by atoms with E-state index >= 15 is 0 Å². The molecule has 1 aliphatic rings. The molecule has 1 saturated heterocycles. The molecule has 0 spiro atoms. The Balaban J connectivity index is 1.44. The van der Waals surface area contributed by atoms with Crippen LogP contribution in [0.3, 0.4) is 0 Å². The van der Waals surface area contributed by atoms with Crippen molar-refractivity contribution >= 4 is 0 Å². The topological polar surface area (TPSA) is 72.1 Å². The standard InChI is InChI=1S/C16H22N4O2/c1-12(14-8-5-9-21-14)17-10-15-18-16(20-19-15)11-22-13-6-3-2-4-7-13/h2-4,6-7,12,14,17H,5,8-11H2,1H3,(H,18,19,20). The molecule has 2 unspecified atom stereocenters. The van der Waals surface area contributed by atoms with Crippen LogP contribution < -0.4 is 10.1 Å². The van der Waals surface area contributed by atoms with E-state index in [1.165, 1.54) is 0 Å². The maximum atomic E-state index is 5.66. The Morgan fingerprint density at radius 3 is 3.05 bits per heavy atom. The molecule has 6 heteroatoms. The second kappa shape index (κ2) is 7.38. The lowest BCUT2D eigenvalue weighted by atomic mass is 10.1. The van der Waals surface area contributed by atoms with Gasteiger partial charge in [0.2, 0.25) is 0 Å². The first-order chi connectivity index (χ1) is 10.8. The first kappa shape index (κ1) is 15.0. The average molecular weight is 302 g/mol. The van der Waals surface area contributed by atoms with E-state index in [-0.39, 0.29) is 0 Å². The smallest absolute Gasteiger partial charge is 0.164 e. The van der Waals surface area contributed by atoms with E-state index < -0.39 is 0 Å². The molecule has 22 heavy (non-hydrogen) atoms. The van der Waals surface area contributed by atoms with Crippen LogP contribution in [0, 0.1) is 0 Å². The molecule has 1 aromatic carbocycles. The van der Waals surface area contributed by atoms with Crippen LogP contribution in [0.5, 0.6) is 5.75 Å². The maximum Gasteiger partial charge on any atom is 0.164 e. The Labute approximate surface area is 130 Å². The van der Waals surface area contributed by atoms with Gasteiger partial charge in [0.15, 0.2) is 11.6 Å². The van der Waals surface area contributed by atoms with Gasteiger partial charge >= 0.3 is 0 Å². The summed E-state index contributed by atoms with van der Waals surface area (Å²) in [6, 6.07) is 9.99. The third kappa shape index (κ3) is 4.05. The first-order valence-electron chi connectivity index (χ1n) is 7.74. The predicted octanol–water partition coefficient (Wildman–Crippen LogP) is 2.04. The number of benzene rings is 1. The lowest BCUT2D eigenvalue weighted by Gasteiger charge is -2.18. The fourth-order valence-corrected chi connectivity index (χ4v) is 2.53. The van der Waals surface area contributed by atoms with Crippen molar-refractivity contribution in [3.8, 4) is 5.75 Å². The molecule has 3 rings (SSSR count). The van der Waals surface area contributed by atoms with Gasteiger partial charge in [-0.2, -0.15) is 5.10 Å². The lowest BCUT2D eigenvalue weighted by Crippen LogP contribution is -2.36. The summed E-state index contributed by atoms with van der Waals surface area (Å²) < 4.78 is 11.3. The van der Waals surface area contributed by atoms with E-state index in [0.717, 1.165) is 36.8 Å². The number of hydrogen-bond donors (Lipinski definition) is 2. The third-order valence-electron chi connectivity index (χ3n) is 3.80. The molecule has 2 aromatic rings. The van der Waals surface area contributed by atoms with Crippen LogP contribution in [0.15, 0.2) is 30.3 Å². The van der Waals surface area contributed by atoms with Gasteiger partial charge in [0.1, 0.15) is 12.4 Å². The lowest BCUT2D eigenvalue weighted by molar-refractivity contribution is 0.0830. The van der Waals surface area contributed by atoms with Gasteiger partial charge in [-0.3, -0.25) is 5.10 Å². The molecule has 0 bridgehead atoms. The number of aromatic nitrogens is 3. The monoisotopic (exact) mass is 302 g/mol. The maximum absolute atomic E-state index is 5.66. The summed E-state index contributed by atoms with van der Waals surface area (Å²) in [5.41, 5.74) is 0. The zero-order valence-electron chi connectivity index (χ0n) is 12.8. The molecule has 0 radical (unpaired) electrons. The highest BCUT2D eigenvalue weighted by molar-refractivity contribution is 5.20. The van der Waals surface area contributed by atoms with E-state index in [4.69, 9.17) is 9.47 Å². The average Bonchev–Trinajstić information content (AvgIpc) is 3.23. The molecule has 1 aliphatic heterocycles. The van der Waals surface area contributed by atoms with E-state index in [0.29, 0.717) is 25.3 Å². The summed E-state index contributed by atoms with van der Waals surface area (Å²) >= 11 is 0. The van der Waals surface area contributed by atoms with Crippen LogP contribution >= 0.6 is 0 Å². The highest BCUT2D eigenvalue weighted by atomic mass is 16.5. The molecule has 2 heterocycles. The number of rotatable bonds is 7. The molecule has 2 atom stereocenters. The summed E-state index contributed by atoms with van der Waals surface area (Å²) in [6.07, 6.45) is 2.58. The first-order valence-corrected chi connectivity index (χ1v) is 7.74. The summed E-state index contributed by atoms with van der Waals surface area (Å²) in [6.45, 7) is 4.03. The molecule has 0 amide bonds. The number of nitrogens with one attached hydrogen (secondary N) is 2. The second-order valence-electron chi connectivity index (χ2n) is 5.52. The van der Waals surface area contributed by atoms with E-state index in [2.05, 4.69) is 27.4 Å². The van der Waals surface area contributed by atoms with Crippen LogP contribution in [0.1, 0.15) is 31.4 Å². The quantitative estimate of drug-likeness (QED) is 0.819. The minimum Gasteiger partial charge on any atom is -0.486 e. The number of nitrogens with zero attached hydrogens (tertiary/aromatic N) is 2. The Bertz CT molecular complexity index is 567. The Morgan fingerprint density at radius 1 is 1.41 bits per heavy atom. The molecule has 0 saturated carbocycles. The SMILES string of the molecule is CC(NCc1n[nH]c(COc2ccccc2)n1)C1CCCO1. The molecular weight excluding hydrogens is 280 g/mol. The number of aromatic amines is 1. The van der Waals surface area contributed by atoms with Crippen LogP contribution in [0.2, 0.25) is 0 Å². The van der Waals surface area contributed by atoms with Gasteiger partial charge in [-0.05, 0) is 31.9 Å². The fraction of sp³-hybridized carbons (Fsp3) is 0.500. The van der Waals surface area contributed by atoms with Crippen molar-refractivity contribution in [3.05, 3.63) is 42.0 Å². The second-order valence-corrected chi connectivity index (χ2v) is 5.52. The van der Waals surface area contributed by atoms with E-state index in [1.807, 2.05) is 30.3 Å². The molecule has 6 nitrogen and oxygen atoms in total. The largest absolute Gasteiger partial charge is 0.486 e.